The number of aromatic nitrogens is 1. The topological polar surface area (TPSA) is 42.4 Å². The van der Waals surface area contributed by atoms with Crippen LogP contribution in [0, 0.1) is 5.82 Å². The van der Waals surface area contributed by atoms with E-state index in [1.165, 1.54) is 12.1 Å². The van der Waals surface area contributed by atoms with Crippen molar-refractivity contribution in [2.75, 3.05) is 7.11 Å². The number of pyridine rings is 1. The predicted molar refractivity (Wildman–Crippen MR) is 75.6 cm³/mol. The first-order chi connectivity index (χ1) is 9.58. The molecule has 0 bridgehead atoms. The smallest absolute Gasteiger partial charge is 0.212 e. The van der Waals surface area contributed by atoms with Gasteiger partial charge in [-0.2, -0.15) is 0 Å². The molecule has 20 heavy (non-hydrogen) atoms. The van der Waals surface area contributed by atoms with Crippen molar-refractivity contribution >= 4 is 11.6 Å². The Hall–Kier alpha value is -1.65. The number of benzene rings is 1. The van der Waals surface area contributed by atoms with Crippen LogP contribution >= 0.6 is 11.6 Å². The maximum Gasteiger partial charge on any atom is 0.212 e. The zero-order valence-electron chi connectivity index (χ0n) is 11.0. The van der Waals surface area contributed by atoms with E-state index in [-0.39, 0.29) is 5.82 Å². The molecule has 0 aliphatic rings. The van der Waals surface area contributed by atoms with Crippen LogP contribution in [0.5, 0.6) is 5.88 Å². The van der Waals surface area contributed by atoms with Crippen LogP contribution in [0.1, 0.15) is 11.1 Å². The molecule has 1 aromatic heterocycles. The van der Waals surface area contributed by atoms with Gasteiger partial charge in [-0.05, 0) is 23.3 Å². The van der Waals surface area contributed by atoms with E-state index < -0.39 is 6.10 Å². The summed E-state index contributed by atoms with van der Waals surface area (Å²) in [5.74, 6) is 0.150. The lowest BCUT2D eigenvalue weighted by Gasteiger charge is -2.12. The van der Waals surface area contributed by atoms with Crippen LogP contribution in [-0.4, -0.2) is 23.3 Å². The molecule has 5 heteroatoms. The predicted octanol–water partition coefficient (Wildman–Crippen LogP) is 3.03. The molecule has 1 heterocycles. The minimum absolute atomic E-state index is 0.330. The third-order valence-corrected chi connectivity index (χ3v) is 3.30. The number of ether oxygens (including phenoxy) is 1. The number of hydrogen-bond acceptors (Lipinski definition) is 3. The number of hydrogen-bond donors (Lipinski definition) is 1. The summed E-state index contributed by atoms with van der Waals surface area (Å²) in [5.41, 5.74) is 1.62. The van der Waals surface area contributed by atoms with Crippen molar-refractivity contribution in [2.24, 2.45) is 0 Å². The Kier molecular flexibility index (Phi) is 4.93. The molecule has 2 rings (SSSR count). The van der Waals surface area contributed by atoms with Gasteiger partial charge in [0.2, 0.25) is 5.88 Å². The van der Waals surface area contributed by atoms with Crippen LogP contribution in [0.4, 0.5) is 4.39 Å². The van der Waals surface area contributed by atoms with Gasteiger partial charge in [0.1, 0.15) is 5.82 Å². The summed E-state index contributed by atoms with van der Waals surface area (Å²) in [6.45, 7) is 0. The SMILES string of the molecule is COc1ccc(CC(O)Cc2ccc(F)cc2Cl)cn1. The second kappa shape index (κ2) is 6.68. The first-order valence-corrected chi connectivity index (χ1v) is 6.57. The molecule has 0 aliphatic carbocycles. The van der Waals surface area contributed by atoms with Crippen LogP contribution in [0.15, 0.2) is 36.5 Å². The van der Waals surface area contributed by atoms with Crippen LogP contribution in [0.2, 0.25) is 5.02 Å². The molecule has 2 aromatic rings. The largest absolute Gasteiger partial charge is 0.481 e. The average Bonchev–Trinajstić information content (AvgIpc) is 2.43. The molecule has 1 N–H and O–H groups in total. The van der Waals surface area contributed by atoms with Crippen LogP contribution in [0.25, 0.3) is 0 Å². The van der Waals surface area contributed by atoms with E-state index in [2.05, 4.69) is 4.98 Å². The highest BCUT2D eigenvalue weighted by atomic mass is 35.5. The normalized spacial score (nSPS) is 12.2. The lowest BCUT2D eigenvalue weighted by atomic mass is 10.0. The standard InChI is InChI=1S/C15H15ClFNO2/c1-20-15-5-2-10(9-18-15)6-13(19)7-11-3-4-12(17)8-14(11)16/h2-5,8-9,13,19H,6-7H2,1H3. The van der Waals surface area contributed by atoms with Gasteiger partial charge >= 0.3 is 0 Å². The average molecular weight is 296 g/mol. The molecule has 0 fully saturated rings. The maximum atomic E-state index is 12.9. The summed E-state index contributed by atoms with van der Waals surface area (Å²) < 4.78 is 17.9. The minimum Gasteiger partial charge on any atom is -0.481 e. The molecule has 0 spiro atoms. The van der Waals surface area contributed by atoms with E-state index in [0.29, 0.717) is 23.7 Å². The monoisotopic (exact) mass is 295 g/mol. The summed E-state index contributed by atoms with van der Waals surface area (Å²) in [5, 5.41) is 10.4. The second-order valence-electron chi connectivity index (χ2n) is 4.51. The van der Waals surface area contributed by atoms with Crippen molar-refractivity contribution in [1.29, 1.82) is 0 Å². The number of aliphatic hydroxyl groups excluding tert-OH is 1. The lowest BCUT2D eigenvalue weighted by molar-refractivity contribution is 0.175. The number of halogens is 2. The van der Waals surface area contributed by atoms with Crippen molar-refractivity contribution in [3.63, 3.8) is 0 Å². The molecule has 1 atom stereocenters. The van der Waals surface area contributed by atoms with Gasteiger partial charge in [-0.1, -0.05) is 23.7 Å². The molecule has 106 valence electrons. The Morgan fingerprint density at radius 1 is 1.30 bits per heavy atom. The van der Waals surface area contributed by atoms with Crippen molar-refractivity contribution in [2.45, 2.75) is 18.9 Å². The number of rotatable bonds is 5. The maximum absolute atomic E-state index is 12.9. The van der Waals surface area contributed by atoms with E-state index in [4.69, 9.17) is 16.3 Å². The Morgan fingerprint density at radius 3 is 2.70 bits per heavy atom. The van der Waals surface area contributed by atoms with Crippen LogP contribution in [0.3, 0.4) is 0 Å². The molecule has 1 aromatic carbocycles. The molecule has 0 radical (unpaired) electrons. The molecule has 0 saturated heterocycles. The summed E-state index contributed by atoms with van der Waals surface area (Å²) >= 11 is 5.94. The van der Waals surface area contributed by atoms with Crippen molar-refractivity contribution in [3.05, 3.63) is 58.5 Å². The fraction of sp³-hybridized carbons (Fsp3) is 0.267. The van der Waals surface area contributed by atoms with Gasteiger partial charge in [0.05, 0.1) is 13.2 Å². The first kappa shape index (κ1) is 14.8. The highest BCUT2D eigenvalue weighted by Crippen LogP contribution is 2.20. The molecule has 0 saturated carbocycles. The Bertz CT molecular complexity index is 575. The third-order valence-electron chi connectivity index (χ3n) is 2.95. The summed E-state index contributed by atoms with van der Waals surface area (Å²) in [4.78, 5) is 4.08. The Balaban J connectivity index is 1.99. The van der Waals surface area contributed by atoms with Crippen molar-refractivity contribution < 1.29 is 14.2 Å². The molecule has 3 nitrogen and oxygen atoms in total. The molecule has 1 unspecified atom stereocenters. The molecule has 0 amide bonds. The fourth-order valence-corrected chi connectivity index (χ4v) is 2.18. The fourth-order valence-electron chi connectivity index (χ4n) is 1.94. The van der Waals surface area contributed by atoms with Crippen molar-refractivity contribution in [1.82, 2.24) is 4.98 Å². The molecular weight excluding hydrogens is 281 g/mol. The Labute approximate surface area is 122 Å². The summed E-state index contributed by atoms with van der Waals surface area (Å²) in [6, 6.07) is 7.77. The molecular formula is C15H15ClFNO2. The molecule has 0 aliphatic heterocycles. The van der Waals surface area contributed by atoms with Gasteiger partial charge in [0.25, 0.3) is 0 Å². The van der Waals surface area contributed by atoms with Crippen LogP contribution in [-0.2, 0) is 12.8 Å². The van der Waals surface area contributed by atoms with E-state index in [9.17, 15) is 9.50 Å². The number of aliphatic hydroxyl groups is 1. The highest BCUT2D eigenvalue weighted by molar-refractivity contribution is 6.31. The van der Waals surface area contributed by atoms with Gasteiger partial charge in [-0.15, -0.1) is 0 Å². The Morgan fingerprint density at radius 2 is 2.10 bits per heavy atom. The van der Waals surface area contributed by atoms with E-state index in [1.54, 1.807) is 25.4 Å². The zero-order chi connectivity index (χ0) is 14.5. The van der Waals surface area contributed by atoms with E-state index in [0.717, 1.165) is 11.1 Å². The van der Waals surface area contributed by atoms with Gasteiger partial charge in [-0.3, -0.25) is 0 Å². The highest BCUT2D eigenvalue weighted by Gasteiger charge is 2.10. The summed E-state index contributed by atoms with van der Waals surface area (Å²) in [6.07, 6.45) is 1.87. The first-order valence-electron chi connectivity index (χ1n) is 6.19. The summed E-state index contributed by atoms with van der Waals surface area (Å²) in [7, 11) is 1.55. The number of nitrogens with zero attached hydrogens (tertiary/aromatic N) is 1. The van der Waals surface area contributed by atoms with E-state index >= 15 is 0 Å². The van der Waals surface area contributed by atoms with E-state index in [1.807, 2.05) is 6.07 Å². The quantitative estimate of drug-likeness (QED) is 0.922. The van der Waals surface area contributed by atoms with Gasteiger partial charge in [0.15, 0.2) is 0 Å². The minimum atomic E-state index is -0.604. The number of methoxy groups -OCH3 is 1. The van der Waals surface area contributed by atoms with Gasteiger partial charge in [-0.25, -0.2) is 9.37 Å². The van der Waals surface area contributed by atoms with Gasteiger partial charge in [0, 0.05) is 30.1 Å². The van der Waals surface area contributed by atoms with Crippen molar-refractivity contribution in [3.8, 4) is 5.88 Å². The third kappa shape index (κ3) is 3.92. The second-order valence-corrected chi connectivity index (χ2v) is 4.91. The zero-order valence-corrected chi connectivity index (χ0v) is 11.8. The lowest BCUT2D eigenvalue weighted by Crippen LogP contribution is -2.14. The van der Waals surface area contributed by atoms with Gasteiger partial charge < -0.3 is 9.84 Å². The van der Waals surface area contributed by atoms with Crippen LogP contribution < -0.4 is 4.74 Å².